The summed E-state index contributed by atoms with van der Waals surface area (Å²) in [5.74, 6) is 0.509. The van der Waals surface area contributed by atoms with Crippen molar-refractivity contribution in [2.75, 3.05) is 20.1 Å². The highest BCUT2D eigenvalue weighted by molar-refractivity contribution is 7.10. The highest BCUT2D eigenvalue weighted by Crippen LogP contribution is 2.43. The number of carbonyl (C=O) groups excluding carboxylic acids is 2. The lowest BCUT2D eigenvalue weighted by Crippen LogP contribution is -2.45. The number of benzene rings is 1. The van der Waals surface area contributed by atoms with Gasteiger partial charge >= 0.3 is 0 Å². The molecule has 2 aromatic heterocycles. The number of amides is 2. The van der Waals surface area contributed by atoms with Gasteiger partial charge in [-0.15, -0.1) is 11.3 Å². The SMILES string of the molecule is CN1C(=O)c2ccccc2C(C(=O)NCCCN(Cc2ccco2)C2CCCC2)C1c1cccs1. The summed E-state index contributed by atoms with van der Waals surface area (Å²) in [6.07, 6.45) is 7.64. The van der Waals surface area contributed by atoms with Crippen LogP contribution in [0.3, 0.4) is 0 Å². The lowest BCUT2D eigenvalue weighted by molar-refractivity contribution is -0.124. The first-order valence-electron chi connectivity index (χ1n) is 12.6. The average molecular weight is 492 g/mol. The molecule has 0 bridgehead atoms. The van der Waals surface area contributed by atoms with Gasteiger partial charge in [0.2, 0.25) is 5.91 Å². The summed E-state index contributed by atoms with van der Waals surface area (Å²) in [4.78, 5) is 31.9. The molecule has 7 heteroatoms. The van der Waals surface area contributed by atoms with Crippen LogP contribution in [0.4, 0.5) is 0 Å². The molecule has 2 amide bonds. The Balaban J connectivity index is 1.27. The van der Waals surface area contributed by atoms with Gasteiger partial charge in [-0.1, -0.05) is 37.1 Å². The zero-order valence-corrected chi connectivity index (χ0v) is 21.0. The van der Waals surface area contributed by atoms with Gasteiger partial charge in [-0.25, -0.2) is 0 Å². The average Bonchev–Trinajstić information content (AvgIpc) is 3.67. The first-order valence-corrected chi connectivity index (χ1v) is 13.4. The summed E-state index contributed by atoms with van der Waals surface area (Å²) in [6, 6.07) is 15.8. The van der Waals surface area contributed by atoms with E-state index in [-0.39, 0.29) is 17.9 Å². The number of nitrogens with zero attached hydrogens (tertiary/aromatic N) is 2. The van der Waals surface area contributed by atoms with Crippen molar-refractivity contribution in [2.24, 2.45) is 0 Å². The molecule has 3 heterocycles. The van der Waals surface area contributed by atoms with E-state index in [0.717, 1.165) is 35.7 Å². The summed E-state index contributed by atoms with van der Waals surface area (Å²) in [6.45, 7) is 2.34. The molecule has 35 heavy (non-hydrogen) atoms. The number of rotatable bonds is 9. The predicted octanol–water partition coefficient (Wildman–Crippen LogP) is 5.20. The Kier molecular flexibility index (Phi) is 7.35. The van der Waals surface area contributed by atoms with Crippen LogP contribution in [0.15, 0.2) is 64.6 Å². The van der Waals surface area contributed by atoms with Crippen LogP contribution in [0.1, 0.15) is 70.6 Å². The Morgan fingerprint density at radius 3 is 2.71 bits per heavy atom. The highest BCUT2D eigenvalue weighted by atomic mass is 32.1. The molecule has 2 unspecified atom stereocenters. The smallest absolute Gasteiger partial charge is 0.254 e. The van der Waals surface area contributed by atoms with E-state index in [1.807, 2.05) is 53.9 Å². The quantitative estimate of drug-likeness (QED) is 0.418. The van der Waals surface area contributed by atoms with E-state index in [1.54, 1.807) is 29.5 Å². The molecular weight excluding hydrogens is 458 g/mol. The normalized spacial score (nSPS) is 20.4. The Labute approximate surface area is 210 Å². The van der Waals surface area contributed by atoms with Crippen molar-refractivity contribution in [3.8, 4) is 0 Å². The minimum Gasteiger partial charge on any atom is -0.468 e. The van der Waals surface area contributed by atoms with Crippen molar-refractivity contribution in [1.82, 2.24) is 15.1 Å². The van der Waals surface area contributed by atoms with Gasteiger partial charge in [0.05, 0.1) is 24.8 Å². The van der Waals surface area contributed by atoms with Crippen LogP contribution in [-0.2, 0) is 11.3 Å². The fourth-order valence-electron chi connectivity index (χ4n) is 5.64. The van der Waals surface area contributed by atoms with E-state index in [4.69, 9.17) is 4.42 Å². The molecule has 2 aliphatic rings. The van der Waals surface area contributed by atoms with Crippen LogP contribution in [0.25, 0.3) is 0 Å². The molecule has 3 aromatic rings. The van der Waals surface area contributed by atoms with Gasteiger partial charge in [-0.3, -0.25) is 14.5 Å². The Bertz CT molecular complexity index is 1120. The minimum absolute atomic E-state index is 0.0198. The van der Waals surface area contributed by atoms with Crippen LogP contribution >= 0.6 is 11.3 Å². The molecule has 6 nitrogen and oxygen atoms in total. The number of fused-ring (bicyclic) bond motifs is 1. The van der Waals surface area contributed by atoms with Crippen molar-refractivity contribution in [3.05, 3.63) is 81.9 Å². The van der Waals surface area contributed by atoms with Crippen molar-refractivity contribution >= 4 is 23.2 Å². The zero-order valence-electron chi connectivity index (χ0n) is 20.2. The summed E-state index contributed by atoms with van der Waals surface area (Å²) in [7, 11) is 1.80. The van der Waals surface area contributed by atoms with Gasteiger partial charge < -0.3 is 14.6 Å². The van der Waals surface area contributed by atoms with E-state index in [0.29, 0.717) is 18.2 Å². The molecule has 0 saturated heterocycles. The van der Waals surface area contributed by atoms with E-state index < -0.39 is 5.92 Å². The number of hydrogen-bond donors (Lipinski definition) is 1. The van der Waals surface area contributed by atoms with Gasteiger partial charge in [-0.05, 0) is 54.5 Å². The largest absolute Gasteiger partial charge is 0.468 e. The molecule has 0 spiro atoms. The number of thiophene rings is 1. The molecule has 0 radical (unpaired) electrons. The maximum atomic E-state index is 13.6. The van der Waals surface area contributed by atoms with Crippen LogP contribution in [-0.4, -0.2) is 47.8 Å². The molecule has 5 rings (SSSR count). The second kappa shape index (κ2) is 10.8. The topological polar surface area (TPSA) is 65.8 Å². The van der Waals surface area contributed by atoms with Gasteiger partial charge in [0.25, 0.3) is 5.91 Å². The third-order valence-corrected chi connectivity index (χ3v) is 8.34. The van der Waals surface area contributed by atoms with E-state index >= 15 is 0 Å². The van der Waals surface area contributed by atoms with Crippen LogP contribution in [0.2, 0.25) is 0 Å². The predicted molar refractivity (Wildman–Crippen MR) is 137 cm³/mol. The molecule has 1 saturated carbocycles. The standard InChI is InChI=1S/C28H33N3O3S/c1-30-26(24-14-7-18-35-24)25(22-12-4-5-13-23(22)28(30)33)27(32)29-15-8-16-31(20-9-2-3-10-20)19-21-11-6-17-34-21/h4-7,11-14,17-18,20,25-26H,2-3,8-10,15-16,19H2,1H3,(H,29,32). The monoisotopic (exact) mass is 491 g/mol. The lowest BCUT2D eigenvalue weighted by atomic mass is 9.81. The third-order valence-electron chi connectivity index (χ3n) is 7.40. The summed E-state index contributed by atoms with van der Waals surface area (Å²) >= 11 is 1.59. The second-order valence-electron chi connectivity index (χ2n) is 9.57. The van der Waals surface area contributed by atoms with Crippen LogP contribution < -0.4 is 5.32 Å². The minimum atomic E-state index is -0.429. The number of furan rings is 1. The molecule has 184 valence electrons. The molecule has 1 aliphatic carbocycles. The second-order valence-corrected chi connectivity index (χ2v) is 10.6. The maximum Gasteiger partial charge on any atom is 0.254 e. The fourth-order valence-corrected chi connectivity index (χ4v) is 6.54. The molecule has 2 atom stereocenters. The third kappa shape index (κ3) is 5.07. The Hall–Kier alpha value is -2.90. The Morgan fingerprint density at radius 2 is 1.97 bits per heavy atom. The number of carbonyl (C=O) groups is 2. The van der Waals surface area contributed by atoms with Crippen LogP contribution in [0, 0.1) is 0 Å². The number of likely N-dealkylation sites (N-methyl/N-ethyl adjacent to an activating group) is 1. The zero-order chi connectivity index (χ0) is 24.2. The number of hydrogen-bond acceptors (Lipinski definition) is 5. The van der Waals surface area contributed by atoms with Gasteiger partial charge in [0, 0.05) is 36.6 Å². The van der Waals surface area contributed by atoms with Crippen molar-refractivity contribution in [1.29, 1.82) is 0 Å². The van der Waals surface area contributed by atoms with Gasteiger partial charge in [0.15, 0.2) is 0 Å². The van der Waals surface area contributed by atoms with E-state index in [9.17, 15) is 9.59 Å². The fraction of sp³-hybridized carbons (Fsp3) is 0.429. The molecule has 1 fully saturated rings. The maximum absolute atomic E-state index is 13.6. The first-order chi connectivity index (χ1) is 17.1. The molecule has 1 aromatic carbocycles. The first kappa shape index (κ1) is 23.8. The van der Waals surface area contributed by atoms with Crippen molar-refractivity contribution in [3.63, 3.8) is 0 Å². The van der Waals surface area contributed by atoms with Gasteiger partial charge in [0.1, 0.15) is 5.76 Å². The van der Waals surface area contributed by atoms with E-state index in [1.165, 1.54) is 25.7 Å². The highest BCUT2D eigenvalue weighted by Gasteiger charge is 2.42. The van der Waals surface area contributed by atoms with Crippen molar-refractivity contribution < 1.29 is 14.0 Å². The van der Waals surface area contributed by atoms with Gasteiger partial charge in [-0.2, -0.15) is 0 Å². The van der Waals surface area contributed by atoms with Crippen LogP contribution in [0.5, 0.6) is 0 Å². The summed E-state index contributed by atoms with van der Waals surface area (Å²) in [5, 5.41) is 5.20. The summed E-state index contributed by atoms with van der Waals surface area (Å²) in [5.41, 5.74) is 1.44. The van der Waals surface area contributed by atoms with E-state index in [2.05, 4.69) is 10.2 Å². The lowest BCUT2D eigenvalue weighted by Gasteiger charge is -2.39. The molecular formula is C28H33N3O3S. The number of nitrogens with one attached hydrogen (secondary N) is 1. The summed E-state index contributed by atoms with van der Waals surface area (Å²) < 4.78 is 5.60. The van der Waals surface area contributed by atoms with Crippen molar-refractivity contribution in [2.45, 2.75) is 56.7 Å². The molecule has 1 N–H and O–H groups in total. The molecule has 1 aliphatic heterocycles. The Morgan fingerprint density at radius 1 is 1.14 bits per heavy atom.